The highest BCUT2D eigenvalue weighted by molar-refractivity contribution is 7.98. The van der Waals surface area contributed by atoms with E-state index in [1.807, 2.05) is 24.3 Å². The molecule has 0 radical (unpaired) electrons. The summed E-state index contributed by atoms with van der Waals surface area (Å²) in [7, 11) is 1.52. The Morgan fingerprint density at radius 3 is 2.21 bits per heavy atom. The van der Waals surface area contributed by atoms with Gasteiger partial charge in [-0.1, -0.05) is 42.8 Å². The molecule has 6 heteroatoms. The van der Waals surface area contributed by atoms with Crippen LogP contribution in [0.15, 0.2) is 53.4 Å². The van der Waals surface area contributed by atoms with Crippen molar-refractivity contribution >= 4 is 17.7 Å². The fourth-order valence-electron chi connectivity index (χ4n) is 2.74. The van der Waals surface area contributed by atoms with Crippen molar-refractivity contribution in [3.8, 4) is 11.1 Å². The first kappa shape index (κ1) is 23.4. The van der Waals surface area contributed by atoms with Crippen molar-refractivity contribution < 1.29 is 19.5 Å². The van der Waals surface area contributed by atoms with Gasteiger partial charge >= 0.3 is 0 Å². The normalized spacial score (nSPS) is 12.6. The van der Waals surface area contributed by atoms with E-state index in [0.29, 0.717) is 19.3 Å². The first-order valence-corrected chi connectivity index (χ1v) is 11.0. The molecule has 0 saturated carbocycles. The van der Waals surface area contributed by atoms with E-state index in [4.69, 9.17) is 9.57 Å². The lowest BCUT2D eigenvalue weighted by molar-refractivity contribution is -0.231. The van der Waals surface area contributed by atoms with E-state index in [2.05, 4.69) is 36.0 Å². The maximum absolute atomic E-state index is 11.8. The van der Waals surface area contributed by atoms with E-state index in [1.165, 1.54) is 12.0 Å². The number of ether oxygens (including phenoxy) is 1. The Hall–Kier alpha value is -1.86. The van der Waals surface area contributed by atoms with E-state index in [1.54, 1.807) is 25.6 Å². The quantitative estimate of drug-likeness (QED) is 0.230. The van der Waals surface area contributed by atoms with Crippen molar-refractivity contribution in [1.29, 1.82) is 0 Å². The average Bonchev–Trinajstić information content (AvgIpc) is 2.75. The van der Waals surface area contributed by atoms with E-state index < -0.39 is 11.9 Å². The zero-order valence-corrected chi connectivity index (χ0v) is 18.4. The van der Waals surface area contributed by atoms with E-state index in [-0.39, 0.29) is 5.91 Å². The number of aliphatic hydroxyl groups excluding tert-OH is 1. The van der Waals surface area contributed by atoms with Crippen LogP contribution in [0.25, 0.3) is 11.1 Å². The van der Waals surface area contributed by atoms with Crippen molar-refractivity contribution in [3.63, 3.8) is 0 Å². The highest BCUT2D eigenvalue weighted by Gasteiger charge is 2.18. The van der Waals surface area contributed by atoms with Crippen LogP contribution in [0.1, 0.15) is 51.2 Å². The van der Waals surface area contributed by atoms with Crippen LogP contribution in [0, 0.1) is 0 Å². The molecule has 158 valence electrons. The lowest BCUT2D eigenvalue weighted by Crippen LogP contribution is -2.37. The molecule has 1 atom stereocenters. The third kappa shape index (κ3) is 7.82. The molecule has 0 aliphatic rings. The Morgan fingerprint density at radius 2 is 1.66 bits per heavy atom. The number of aliphatic hydroxyl groups is 1. The lowest BCUT2D eigenvalue weighted by Gasteiger charge is -2.22. The molecule has 0 saturated heterocycles. The van der Waals surface area contributed by atoms with Gasteiger partial charge in [-0.05, 0) is 61.8 Å². The summed E-state index contributed by atoms with van der Waals surface area (Å²) in [6.07, 6.45) is 3.92. The van der Waals surface area contributed by atoms with Gasteiger partial charge < -0.3 is 9.84 Å². The van der Waals surface area contributed by atoms with Crippen LogP contribution >= 0.6 is 11.8 Å². The fraction of sp³-hybridized carbons (Fsp3) is 0.435. The summed E-state index contributed by atoms with van der Waals surface area (Å²) >= 11 is 1.72. The fourth-order valence-corrected chi connectivity index (χ4v) is 3.15. The Kier molecular flexibility index (Phi) is 9.17. The second kappa shape index (κ2) is 11.4. The summed E-state index contributed by atoms with van der Waals surface area (Å²) < 4.78 is 5.07. The number of benzene rings is 2. The second-order valence-electron chi connectivity index (χ2n) is 7.34. The van der Waals surface area contributed by atoms with Gasteiger partial charge in [-0.3, -0.25) is 4.79 Å². The number of rotatable bonds is 11. The standard InChI is InChI=1S/C23H31NO4S/c1-23(2,27-3)28-24-22(26)8-6-5-7-21(25)19-11-9-17(10-12-19)18-13-15-20(29-4)16-14-18/h9-16,21,25H,5-8H2,1-4H3,(H,24,26)/t21-/m1/s1. The molecule has 29 heavy (non-hydrogen) atoms. The number of hydrogen-bond donors (Lipinski definition) is 2. The minimum Gasteiger partial charge on any atom is -0.388 e. The van der Waals surface area contributed by atoms with E-state index in [9.17, 15) is 9.90 Å². The van der Waals surface area contributed by atoms with E-state index in [0.717, 1.165) is 23.1 Å². The van der Waals surface area contributed by atoms with Crippen LogP contribution in [0.2, 0.25) is 0 Å². The molecule has 2 rings (SSSR count). The monoisotopic (exact) mass is 417 g/mol. The number of amides is 1. The third-order valence-electron chi connectivity index (χ3n) is 4.75. The van der Waals surface area contributed by atoms with Crippen LogP contribution in [0.4, 0.5) is 0 Å². The first-order chi connectivity index (χ1) is 13.8. The van der Waals surface area contributed by atoms with Crippen molar-refractivity contribution in [2.45, 2.75) is 56.3 Å². The minimum absolute atomic E-state index is 0.193. The van der Waals surface area contributed by atoms with Gasteiger partial charge in [-0.15, -0.1) is 11.8 Å². The molecule has 0 aromatic heterocycles. The van der Waals surface area contributed by atoms with Crippen molar-refractivity contribution in [2.24, 2.45) is 0 Å². The van der Waals surface area contributed by atoms with Gasteiger partial charge in [-0.25, -0.2) is 10.3 Å². The van der Waals surface area contributed by atoms with Crippen LogP contribution in [-0.2, 0) is 14.4 Å². The summed E-state index contributed by atoms with van der Waals surface area (Å²) in [5.41, 5.74) is 5.58. The predicted octanol–water partition coefficient (Wildman–Crippen LogP) is 5.10. The van der Waals surface area contributed by atoms with Crippen molar-refractivity contribution in [3.05, 3.63) is 54.1 Å². The third-order valence-corrected chi connectivity index (χ3v) is 5.50. The topological polar surface area (TPSA) is 67.8 Å². The number of methoxy groups -OCH3 is 1. The summed E-state index contributed by atoms with van der Waals surface area (Å²) in [5.74, 6) is -1.05. The Balaban J connectivity index is 1.75. The molecule has 0 aliphatic carbocycles. The summed E-state index contributed by atoms with van der Waals surface area (Å²) in [4.78, 5) is 18.2. The highest BCUT2D eigenvalue weighted by Crippen LogP contribution is 2.26. The molecule has 2 aromatic rings. The van der Waals surface area contributed by atoms with E-state index >= 15 is 0 Å². The molecule has 0 spiro atoms. The maximum Gasteiger partial charge on any atom is 0.243 e. The molecule has 1 amide bonds. The van der Waals surface area contributed by atoms with Gasteiger partial charge in [0.2, 0.25) is 5.91 Å². The zero-order valence-electron chi connectivity index (χ0n) is 17.6. The Labute approximate surface area is 177 Å². The Morgan fingerprint density at radius 1 is 1.07 bits per heavy atom. The summed E-state index contributed by atoms with van der Waals surface area (Å²) in [6.45, 7) is 3.43. The number of hydrogen-bond acceptors (Lipinski definition) is 5. The van der Waals surface area contributed by atoms with Crippen LogP contribution < -0.4 is 5.48 Å². The number of nitrogens with one attached hydrogen (secondary N) is 1. The van der Waals surface area contributed by atoms with Gasteiger partial charge in [0.05, 0.1) is 6.10 Å². The molecule has 2 N–H and O–H groups in total. The van der Waals surface area contributed by atoms with Crippen molar-refractivity contribution in [1.82, 2.24) is 5.48 Å². The molecule has 0 aliphatic heterocycles. The van der Waals surface area contributed by atoms with Crippen LogP contribution in [0.3, 0.4) is 0 Å². The van der Waals surface area contributed by atoms with Gasteiger partial charge in [0.1, 0.15) is 0 Å². The molecule has 0 bridgehead atoms. The Bertz CT molecular complexity index is 759. The number of hydroxylamine groups is 1. The molecular weight excluding hydrogens is 386 g/mol. The average molecular weight is 418 g/mol. The molecule has 2 aromatic carbocycles. The van der Waals surface area contributed by atoms with Gasteiger partial charge in [0.25, 0.3) is 0 Å². The predicted molar refractivity (Wildman–Crippen MR) is 117 cm³/mol. The highest BCUT2D eigenvalue weighted by atomic mass is 32.2. The summed E-state index contributed by atoms with van der Waals surface area (Å²) in [5, 5.41) is 10.4. The molecule has 0 fully saturated rings. The number of carbonyl (C=O) groups is 1. The summed E-state index contributed by atoms with van der Waals surface area (Å²) in [6, 6.07) is 16.5. The number of carbonyl (C=O) groups excluding carboxylic acids is 1. The first-order valence-electron chi connectivity index (χ1n) is 9.79. The number of unbranched alkanes of at least 4 members (excludes halogenated alkanes) is 1. The SMILES string of the molecule is COC(C)(C)ONC(=O)CCCC[C@@H](O)c1ccc(-c2ccc(SC)cc2)cc1. The zero-order chi connectivity index (χ0) is 21.3. The molecule has 5 nitrogen and oxygen atoms in total. The molecule has 0 unspecified atom stereocenters. The van der Waals surface area contributed by atoms with Gasteiger partial charge in [0.15, 0.2) is 5.79 Å². The molecular formula is C23H31NO4S. The smallest absolute Gasteiger partial charge is 0.243 e. The van der Waals surface area contributed by atoms with Crippen LogP contribution in [-0.4, -0.2) is 30.2 Å². The second-order valence-corrected chi connectivity index (χ2v) is 8.22. The molecule has 0 heterocycles. The largest absolute Gasteiger partial charge is 0.388 e. The minimum atomic E-state index is -0.852. The van der Waals surface area contributed by atoms with Crippen LogP contribution in [0.5, 0.6) is 0 Å². The van der Waals surface area contributed by atoms with Crippen molar-refractivity contribution in [2.75, 3.05) is 13.4 Å². The van der Waals surface area contributed by atoms with Gasteiger partial charge in [-0.2, -0.15) is 0 Å². The number of thioether (sulfide) groups is 1. The maximum atomic E-state index is 11.8. The lowest BCUT2D eigenvalue weighted by atomic mass is 9.99. The van der Waals surface area contributed by atoms with Gasteiger partial charge in [0, 0.05) is 18.4 Å².